The van der Waals surface area contributed by atoms with Crippen molar-refractivity contribution in [2.24, 2.45) is 0 Å². The lowest BCUT2D eigenvalue weighted by Crippen LogP contribution is -1.91. The SMILES string of the molecule is Cc1ccc(O)c([N+](=O)[O-])c1Br. The number of aryl methyl sites for hydroxylation is 1. The van der Waals surface area contributed by atoms with Gasteiger partial charge in [0.1, 0.15) is 4.47 Å². The Bertz CT molecular complexity index is 338. The average Bonchev–Trinajstić information content (AvgIpc) is 1.97. The van der Waals surface area contributed by atoms with E-state index in [2.05, 4.69) is 15.9 Å². The van der Waals surface area contributed by atoms with Gasteiger partial charge in [-0.1, -0.05) is 6.07 Å². The van der Waals surface area contributed by atoms with E-state index >= 15 is 0 Å². The zero-order valence-corrected chi connectivity index (χ0v) is 7.83. The van der Waals surface area contributed by atoms with Gasteiger partial charge in [-0.2, -0.15) is 0 Å². The van der Waals surface area contributed by atoms with E-state index in [1.807, 2.05) is 0 Å². The molecule has 5 heteroatoms. The third-order valence-corrected chi connectivity index (χ3v) is 2.47. The number of benzene rings is 1. The second-order valence-corrected chi connectivity index (χ2v) is 3.11. The predicted molar refractivity (Wildman–Crippen MR) is 47.2 cm³/mol. The van der Waals surface area contributed by atoms with Crippen LogP contribution in [-0.2, 0) is 0 Å². The Labute approximate surface area is 77.1 Å². The fraction of sp³-hybridized carbons (Fsp3) is 0.143. The molecule has 64 valence electrons. The number of nitrogens with zero attached hydrogens (tertiary/aromatic N) is 1. The minimum Gasteiger partial charge on any atom is -0.502 e. The van der Waals surface area contributed by atoms with E-state index in [0.29, 0.717) is 4.47 Å². The van der Waals surface area contributed by atoms with E-state index in [4.69, 9.17) is 5.11 Å². The highest BCUT2D eigenvalue weighted by atomic mass is 79.9. The van der Waals surface area contributed by atoms with Gasteiger partial charge in [-0.25, -0.2) is 0 Å². The monoisotopic (exact) mass is 231 g/mol. The summed E-state index contributed by atoms with van der Waals surface area (Å²) in [5.74, 6) is -0.322. The number of hydrogen-bond acceptors (Lipinski definition) is 3. The van der Waals surface area contributed by atoms with Crippen LogP contribution in [0.5, 0.6) is 5.75 Å². The molecular weight excluding hydrogens is 226 g/mol. The lowest BCUT2D eigenvalue weighted by Gasteiger charge is -2.00. The quantitative estimate of drug-likeness (QED) is 0.597. The molecule has 1 rings (SSSR count). The smallest absolute Gasteiger partial charge is 0.324 e. The summed E-state index contributed by atoms with van der Waals surface area (Å²) in [6.07, 6.45) is 0. The second-order valence-electron chi connectivity index (χ2n) is 2.32. The first-order chi connectivity index (χ1) is 5.54. The normalized spacial score (nSPS) is 9.83. The summed E-state index contributed by atoms with van der Waals surface area (Å²) in [5, 5.41) is 19.5. The van der Waals surface area contributed by atoms with Crippen molar-refractivity contribution < 1.29 is 10.0 Å². The molecule has 4 nitrogen and oxygen atoms in total. The largest absolute Gasteiger partial charge is 0.502 e. The van der Waals surface area contributed by atoms with Gasteiger partial charge in [0, 0.05) is 0 Å². The minimum absolute atomic E-state index is 0.282. The molecule has 0 saturated carbocycles. The highest BCUT2D eigenvalue weighted by Crippen LogP contribution is 2.35. The Balaban J connectivity index is 3.43. The number of nitro groups is 1. The summed E-state index contributed by atoms with van der Waals surface area (Å²) in [6.45, 7) is 1.72. The van der Waals surface area contributed by atoms with E-state index in [9.17, 15) is 10.1 Å². The standard InChI is InChI=1S/C7H6BrNO3/c1-4-2-3-5(10)7(6(4)8)9(11)12/h2-3,10H,1H3. The Morgan fingerprint density at radius 2 is 2.17 bits per heavy atom. The topological polar surface area (TPSA) is 63.4 Å². The predicted octanol–water partition coefficient (Wildman–Crippen LogP) is 2.37. The van der Waals surface area contributed by atoms with Gasteiger partial charge in [0.25, 0.3) is 0 Å². The van der Waals surface area contributed by atoms with Crippen LogP contribution in [0.3, 0.4) is 0 Å². The summed E-state index contributed by atoms with van der Waals surface area (Å²) in [5.41, 5.74) is 0.439. The van der Waals surface area contributed by atoms with Crippen molar-refractivity contribution in [1.29, 1.82) is 0 Å². The molecule has 0 unspecified atom stereocenters. The molecule has 0 atom stereocenters. The number of phenolic OH excluding ortho intramolecular Hbond substituents is 1. The molecule has 0 bridgehead atoms. The molecule has 0 fully saturated rings. The molecule has 1 aromatic carbocycles. The van der Waals surface area contributed by atoms with Crippen molar-refractivity contribution in [3.8, 4) is 5.75 Å². The number of aromatic hydroxyl groups is 1. The van der Waals surface area contributed by atoms with Crippen molar-refractivity contribution in [3.05, 3.63) is 32.3 Å². The van der Waals surface area contributed by atoms with Gasteiger partial charge >= 0.3 is 5.69 Å². The number of hydrogen-bond donors (Lipinski definition) is 1. The Hall–Kier alpha value is -1.10. The minimum atomic E-state index is -0.619. The highest BCUT2D eigenvalue weighted by molar-refractivity contribution is 9.10. The lowest BCUT2D eigenvalue weighted by atomic mass is 10.2. The van der Waals surface area contributed by atoms with Crippen molar-refractivity contribution in [2.75, 3.05) is 0 Å². The van der Waals surface area contributed by atoms with Gasteiger partial charge < -0.3 is 5.11 Å². The first-order valence-corrected chi connectivity index (χ1v) is 3.96. The molecule has 1 aromatic rings. The summed E-state index contributed by atoms with van der Waals surface area (Å²) in [6, 6.07) is 2.91. The molecule has 0 aliphatic carbocycles. The molecule has 0 radical (unpaired) electrons. The van der Waals surface area contributed by atoms with Crippen LogP contribution >= 0.6 is 15.9 Å². The van der Waals surface area contributed by atoms with E-state index in [-0.39, 0.29) is 11.4 Å². The highest BCUT2D eigenvalue weighted by Gasteiger charge is 2.18. The molecule has 0 aliphatic heterocycles. The zero-order valence-electron chi connectivity index (χ0n) is 6.24. The molecule has 0 aromatic heterocycles. The van der Waals surface area contributed by atoms with Gasteiger partial charge in [0.2, 0.25) is 0 Å². The summed E-state index contributed by atoms with van der Waals surface area (Å²) in [7, 11) is 0. The van der Waals surface area contributed by atoms with Crippen molar-refractivity contribution in [3.63, 3.8) is 0 Å². The second kappa shape index (κ2) is 3.10. The summed E-state index contributed by atoms with van der Waals surface area (Å²) in [4.78, 5) is 9.79. The Morgan fingerprint density at radius 1 is 1.58 bits per heavy atom. The van der Waals surface area contributed by atoms with Crippen LogP contribution in [0, 0.1) is 17.0 Å². The average molecular weight is 232 g/mol. The first-order valence-electron chi connectivity index (χ1n) is 3.16. The maximum Gasteiger partial charge on any atom is 0.324 e. The molecule has 0 aliphatic rings. The fourth-order valence-corrected chi connectivity index (χ4v) is 1.31. The maximum absolute atomic E-state index is 10.4. The molecule has 0 spiro atoms. The third kappa shape index (κ3) is 1.40. The fourth-order valence-electron chi connectivity index (χ4n) is 0.829. The van der Waals surface area contributed by atoms with Gasteiger partial charge in [-0.3, -0.25) is 10.1 Å². The Morgan fingerprint density at radius 3 is 2.58 bits per heavy atom. The van der Waals surface area contributed by atoms with Crippen LogP contribution in [0.25, 0.3) is 0 Å². The van der Waals surface area contributed by atoms with E-state index in [1.54, 1.807) is 13.0 Å². The van der Waals surface area contributed by atoms with Crippen LogP contribution in [0.4, 0.5) is 5.69 Å². The van der Waals surface area contributed by atoms with Crippen molar-refractivity contribution in [2.45, 2.75) is 6.92 Å². The van der Waals surface area contributed by atoms with Crippen molar-refractivity contribution in [1.82, 2.24) is 0 Å². The van der Waals surface area contributed by atoms with E-state index in [0.717, 1.165) is 5.56 Å². The van der Waals surface area contributed by atoms with Crippen LogP contribution in [0.1, 0.15) is 5.56 Å². The number of nitro benzene ring substituents is 1. The van der Waals surface area contributed by atoms with Gasteiger partial charge in [-0.05, 0) is 34.5 Å². The lowest BCUT2D eigenvalue weighted by molar-refractivity contribution is -0.386. The van der Waals surface area contributed by atoms with Gasteiger partial charge in [0.05, 0.1) is 4.92 Å². The zero-order chi connectivity index (χ0) is 9.30. The van der Waals surface area contributed by atoms with Crippen LogP contribution in [0.2, 0.25) is 0 Å². The Kier molecular flexibility index (Phi) is 2.32. The molecular formula is C7H6BrNO3. The van der Waals surface area contributed by atoms with Crippen LogP contribution < -0.4 is 0 Å². The van der Waals surface area contributed by atoms with Gasteiger partial charge in [0.15, 0.2) is 5.75 Å². The third-order valence-electron chi connectivity index (χ3n) is 1.47. The van der Waals surface area contributed by atoms with Crippen LogP contribution in [-0.4, -0.2) is 10.0 Å². The number of phenols is 1. The molecule has 12 heavy (non-hydrogen) atoms. The number of halogens is 1. The van der Waals surface area contributed by atoms with E-state index in [1.165, 1.54) is 6.07 Å². The molecule has 0 heterocycles. The summed E-state index contributed by atoms with van der Waals surface area (Å²) >= 11 is 3.03. The molecule has 0 amide bonds. The van der Waals surface area contributed by atoms with Crippen molar-refractivity contribution >= 4 is 21.6 Å². The van der Waals surface area contributed by atoms with E-state index < -0.39 is 4.92 Å². The maximum atomic E-state index is 10.4. The number of rotatable bonds is 1. The molecule has 0 saturated heterocycles. The summed E-state index contributed by atoms with van der Waals surface area (Å²) < 4.78 is 0.326. The first kappa shape index (κ1) is 8.99. The van der Waals surface area contributed by atoms with Gasteiger partial charge in [-0.15, -0.1) is 0 Å². The van der Waals surface area contributed by atoms with Crippen LogP contribution in [0.15, 0.2) is 16.6 Å². The molecule has 1 N–H and O–H groups in total.